The Bertz CT molecular complexity index is 1150. The minimum Gasteiger partial charge on any atom is -0.436 e. The largest absolute Gasteiger partial charge is 0.436 e. The number of fused-ring (bicyclic) bond motifs is 1. The third-order valence-electron chi connectivity index (χ3n) is 4.17. The lowest BCUT2D eigenvalue weighted by Crippen LogP contribution is -2.11. The van der Waals surface area contributed by atoms with Crippen molar-refractivity contribution in [1.82, 2.24) is 4.98 Å². The van der Waals surface area contributed by atoms with Crippen LogP contribution in [-0.4, -0.2) is 10.9 Å². The van der Waals surface area contributed by atoms with Crippen LogP contribution in [0.5, 0.6) is 0 Å². The van der Waals surface area contributed by atoms with Gasteiger partial charge in [-0.2, -0.15) is 0 Å². The first-order chi connectivity index (χ1) is 13.0. The van der Waals surface area contributed by atoms with E-state index in [1.165, 1.54) is 0 Å². The van der Waals surface area contributed by atoms with E-state index in [1.807, 2.05) is 37.3 Å². The number of benzene rings is 3. The first-order valence-electron chi connectivity index (χ1n) is 8.23. The average molecular weight is 442 g/mol. The maximum Gasteiger partial charge on any atom is 0.255 e. The summed E-state index contributed by atoms with van der Waals surface area (Å²) in [6, 6.07) is 18.2. The van der Waals surface area contributed by atoms with E-state index in [4.69, 9.17) is 16.0 Å². The second-order valence-corrected chi connectivity index (χ2v) is 7.45. The van der Waals surface area contributed by atoms with Crippen molar-refractivity contribution < 1.29 is 9.21 Å². The van der Waals surface area contributed by atoms with Gasteiger partial charge in [0.1, 0.15) is 5.52 Å². The van der Waals surface area contributed by atoms with Crippen molar-refractivity contribution in [3.05, 3.63) is 81.3 Å². The van der Waals surface area contributed by atoms with Gasteiger partial charge in [-0.1, -0.05) is 33.6 Å². The van der Waals surface area contributed by atoms with E-state index >= 15 is 0 Å². The molecule has 0 atom stereocenters. The van der Waals surface area contributed by atoms with Crippen molar-refractivity contribution >= 4 is 50.2 Å². The molecule has 6 heteroatoms. The van der Waals surface area contributed by atoms with Crippen LogP contribution in [0.4, 0.5) is 5.69 Å². The second kappa shape index (κ2) is 7.18. The number of hydrogen-bond acceptors (Lipinski definition) is 3. The molecule has 0 aliphatic rings. The zero-order chi connectivity index (χ0) is 19.0. The molecular formula is C21H14BrClN2O2. The number of aromatic nitrogens is 1. The molecule has 0 unspecified atom stereocenters. The summed E-state index contributed by atoms with van der Waals surface area (Å²) >= 11 is 9.55. The van der Waals surface area contributed by atoms with Crippen LogP contribution in [0.25, 0.3) is 22.6 Å². The monoisotopic (exact) mass is 440 g/mol. The molecule has 0 radical (unpaired) electrons. The number of anilines is 1. The van der Waals surface area contributed by atoms with Crippen molar-refractivity contribution in [2.75, 3.05) is 5.32 Å². The highest BCUT2D eigenvalue weighted by Crippen LogP contribution is 2.29. The summed E-state index contributed by atoms with van der Waals surface area (Å²) in [5.74, 6) is 0.305. The molecule has 0 saturated carbocycles. The van der Waals surface area contributed by atoms with Gasteiger partial charge in [0.15, 0.2) is 5.58 Å². The van der Waals surface area contributed by atoms with Gasteiger partial charge in [0.05, 0.1) is 0 Å². The second-order valence-electron chi connectivity index (χ2n) is 6.13. The normalized spacial score (nSPS) is 10.9. The molecular weight excluding hydrogens is 428 g/mol. The Labute approximate surface area is 169 Å². The Morgan fingerprint density at radius 3 is 2.59 bits per heavy atom. The molecule has 1 N–H and O–H groups in total. The number of nitrogens with zero attached hydrogens (tertiary/aromatic N) is 1. The lowest BCUT2D eigenvalue weighted by atomic mass is 10.1. The molecule has 4 aromatic rings. The van der Waals surface area contributed by atoms with Crippen LogP contribution in [0.2, 0.25) is 5.02 Å². The van der Waals surface area contributed by atoms with Crippen molar-refractivity contribution in [2.24, 2.45) is 0 Å². The molecule has 0 aliphatic carbocycles. The fraction of sp³-hybridized carbons (Fsp3) is 0.0476. The van der Waals surface area contributed by atoms with Gasteiger partial charge in [-0.25, -0.2) is 4.98 Å². The third-order valence-corrected chi connectivity index (χ3v) is 5.11. The quantitative estimate of drug-likeness (QED) is 0.396. The maximum absolute atomic E-state index is 12.4. The first kappa shape index (κ1) is 17.8. The molecule has 4 nitrogen and oxygen atoms in total. The zero-order valence-corrected chi connectivity index (χ0v) is 16.6. The van der Waals surface area contributed by atoms with Crippen molar-refractivity contribution in [3.8, 4) is 11.5 Å². The van der Waals surface area contributed by atoms with Gasteiger partial charge in [0, 0.05) is 26.3 Å². The predicted molar refractivity (Wildman–Crippen MR) is 111 cm³/mol. The Balaban J connectivity index is 1.61. The predicted octanol–water partition coefficient (Wildman–Crippen LogP) is 6.47. The van der Waals surface area contributed by atoms with Crippen LogP contribution < -0.4 is 5.32 Å². The van der Waals surface area contributed by atoms with Gasteiger partial charge >= 0.3 is 0 Å². The Morgan fingerprint density at radius 1 is 1.07 bits per heavy atom. The van der Waals surface area contributed by atoms with E-state index in [9.17, 15) is 4.79 Å². The van der Waals surface area contributed by atoms with Crippen LogP contribution in [-0.2, 0) is 0 Å². The lowest BCUT2D eigenvalue weighted by molar-refractivity contribution is 0.102. The van der Waals surface area contributed by atoms with Crippen molar-refractivity contribution in [3.63, 3.8) is 0 Å². The summed E-state index contributed by atoms with van der Waals surface area (Å²) in [6.45, 7) is 1.94. The SMILES string of the molecule is Cc1ccc(-c2nc3cc(NC(=O)c4ccc(Br)cc4)ccc3o2)cc1Cl. The number of aryl methyl sites for hydroxylation is 1. The molecule has 1 heterocycles. The Hall–Kier alpha value is -2.63. The van der Waals surface area contributed by atoms with Crippen molar-refractivity contribution in [1.29, 1.82) is 0 Å². The maximum atomic E-state index is 12.4. The molecule has 27 heavy (non-hydrogen) atoms. The number of carbonyl (C=O) groups excluding carboxylic acids is 1. The molecule has 0 fully saturated rings. The molecule has 1 amide bonds. The highest BCUT2D eigenvalue weighted by atomic mass is 79.9. The van der Waals surface area contributed by atoms with Gasteiger partial charge in [0.25, 0.3) is 5.91 Å². The molecule has 3 aromatic carbocycles. The van der Waals surface area contributed by atoms with E-state index in [-0.39, 0.29) is 5.91 Å². The van der Waals surface area contributed by atoms with E-state index in [0.29, 0.717) is 33.3 Å². The highest BCUT2D eigenvalue weighted by molar-refractivity contribution is 9.10. The van der Waals surface area contributed by atoms with E-state index in [2.05, 4.69) is 26.2 Å². The van der Waals surface area contributed by atoms with E-state index in [1.54, 1.807) is 30.3 Å². The van der Waals surface area contributed by atoms with Gasteiger partial charge in [-0.3, -0.25) is 4.79 Å². The van der Waals surface area contributed by atoms with E-state index in [0.717, 1.165) is 15.6 Å². The smallest absolute Gasteiger partial charge is 0.255 e. The number of carbonyl (C=O) groups is 1. The molecule has 0 aliphatic heterocycles. The van der Waals surface area contributed by atoms with Gasteiger partial charge < -0.3 is 9.73 Å². The van der Waals surface area contributed by atoms with Crippen LogP contribution >= 0.6 is 27.5 Å². The summed E-state index contributed by atoms with van der Waals surface area (Å²) in [5, 5.41) is 3.54. The molecule has 1 aromatic heterocycles. The van der Waals surface area contributed by atoms with Gasteiger partial charge in [-0.15, -0.1) is 0 Å². The Kier molecular flexibility index (Phi) is 4.72. The molecule has 134 valence electrons. The zero-order valence-electron chi connectivity index (χ0n) is 14.3. The Morgan fingerprint density at radius 2 is 1.85 bits per heavy atom. The summed E-state index contributed by atoms with van der Waals surface area (Å²) in [6.07, 6.45) is 0. The van der Waals surface area contributed by atoms with Gasteiger partial charge in [-0.05, 0) is 67.1 Å². The molecule has 0 saturated heterocycles. The topological polar surface area (TPSA) is 55.1 Å². The van der Waals surface area contributed by atoms with Crippen LogP contribution in [0.1, 0.15) is 15.9 Å². The standard InChI is InChI=1S/C21H14BrClN2O2/c1-12-2-3-14(10-17(12)23)21-25-18-11-16(8-9-19(18)27-21)24-20(26)13-4-6-15(22)7-5-13/h2-11H,1H3,(H,24,26). The third kappa shape index (κ3) is 3.75. The highest BCUT2D eigenvalue weighted by Gasteiger charge is 2.12. The number of nitrogens with one attached hydrogen (secondary N) is 1. The molecule has 0 bridgehead atoms. The first-order valence-corrected chi connectivity index (χ1v) is 9.41. The van der Waals surface area contributed by atoms with Gasteiger partial charge in [0.2, 0.25) is 5.89 Å². The number of hydrogen-bond donors (Lipinski definition) is 1. The summed E-state index contributed by atoms with van der Waals surface area (Å²) in [5.41, 5.74) is 4.33. The summed E-state index contributed by atoms with van der Waals surface area (Å²) < 4.78 is 6.74. The number of halogens is 2. The number of oxazole rings is 1. The molecule has 0 spiro atoms. The number of rotatable bonds is 3. The van der Waals surface area contributed by atoms with E-state index < -0.39 is 0 Å². The van der Waals surface area contributed by atoms with Crippen LogP contribution in [0.3, 0.4) is 0 Å². The lowest BCUT2D eigenvalue weighted by Gasteiger charge is -2.05. The summed E-state index contributed by atoms with van der Waals surface area (Å²) in [7, 11) is 0. The minimum atomic E-state index is -0.184. The fourth-order valence-corrected chi connectivity index (χ4v) is 3.10. The van der Waals surface area contributed by atoms with Crippen molar-refractivity contribution in [2.45, 2.75) is 6.92 Å². The van der Waals surface area contributed by atoms with Crippen LogP contribution in [0, 0.1) is 6.92 Å². The fourth-order valence-electron chi connectivity index (χ4n) is 2.66. The summed E-state index contributed by atoms with van der Waals surface area (Å²) in [4.78, 5) is 16.9. The minimum absolute atomic E-state index is 0.184. The average Bonchev–Trinajstić information content (AvgIpc) is 3.08. The number of amides is 1. The van der Waals surface area contributed by atoms with Crippen LogP contribution in [0.15, 0.2) is 69.6 Å². The molecule has 4 rings (SSSR count).